The van der Waals surface area contributed by atoms with E-state index in [9.17, 15) is 22.8 Å². The molecule has 2 N–H and O–H groups in total. The minimum atomic E-state index is -4.80. The summed E-state index contributed by atoms with van der Waals surface area (Å²) in [5, 5.41) is 3.20. The maximum Gasteiger partial charge on any atom is 0.432 e. The summed E-state index contributed by atoms with van der Waals surface area (Å²) in [4.78, 5) is 23.8. The third kappa shape index (κ3) is 4.18. The fourth-order valence-corrected chi connectivity index (χ4v) is 2.66. The normalized spacial score (nSPS) is 12.0. The molecule has 2 aromatic rings. The van der Waals surface area contributed by atoms with Crippen molar-refractivity contribution in [3.63, 3.8) is 0 Å². The number of allylic oxidation sites excluding steroid dienone is 2. The van der Waals surface area contributed by atoms with Gasteiger partial charge in [-0.25, -0.2) is 0 Å². The number of amides is 1. The lowest BCUT2D eigenvalue weighted by molar-refractivity contribution is -0.0977. The number of rotatable bonds is 5. The van der Waals surface area contributed by atoms with Gasteiger partial charge >= 0.3 is 6.18 Å². The molecule has 0 saturated carbocycles. The Kier molecular flexibility index (Phi) is 4.99. The first kappa shape index (κ1) is 16.2. The molecule has 0 fully saturated rings. The summed E-state index contributed by atoms with van der Waals surface area (Å²) in [6.45, 7) is 0. The van der Waals surface area contributed by atoms with Gasteiger partial charge in [-0.15, -0.1) is 22.7 Å². The zero-order valence-corrected chi connectivity index (χ0v) is 12.4. The maximum atomic E-state index is 12.9. The largest absolute Gasteiger partial charge is 0.432 e. The summed E-state index contributed by atoms with van der Waals surface area (Å²) in [6.07, 6.45) is -4.38. The van der Waals surface area contributed by atoms with Crippen molar-refractivity contribution < 1.29 is 22.8 Å². The molecule has 0 atom stereocenters. The van der Waals surface area contributed by atoms with Crippen LogP contribution < -0.4 is 10.9 Å². The maximum absolute atomic E-state index is 12.9. The highest BCUT2D eigenvalue weighted by Gasteiger charge is 2.35. The van der Waals surface area contributed by atoms with Crippen molar-refractivity contribution in [1.29, 1.82) is 0 Å². The summed E-state index contributed by atoms with van der Waals surface area (Å²) in [7, 11) is 0. The van der Waals surface area contributed by atoms with E-state index in [1.54, 1.807) is 28.3 Å². The van der Waals surface area contributed by atoms with E-state index in [0.717, 1.165) is 22.7 Å². The molecule has 9 heteroatoms. The molecule has 0 saturated heterocycles. The Labute approximate surface area is 131 Å². The van der Waals surface area contributed by atoms with Crippen molar-refractivity contribution in [3.05, 3.63) is 56.6 Å². The van der Waals surface area contributed by atoms with Crippen LogP contribution in [0.3, 0.4) is 0 Å². The predicted molar refractivity (Wildman–Crippen MR) is 77.7 cm³/mol. The summed E-state index contributed by atoms with van der Waals surface area (Å²) >= 11 is 2.12. The van der Waals surface area contributed by atoms with Crippen LogP contribution in [0.4, 0.5) is 13.2 Å². The number of halogens is 3. The molecule has 0 bridgehead atoms. The van der Waals surface area contributed by atoms with Crippen LogP contribution in [-0.4, -0.2) is 17.9 Å². The minimum absolute atomic E-state index is 0.174. The number of nitrogens with one attached hydrogen (secondary N) is 2. The summed E-state index contributed by atoms with van der Waals surface area (Å²) in [6, 6.07) is 6.04. The number of carbonyl (C=O) groups excluding carboxylic acids is 2. The molecule has 2 rings (SSSR count). The summed E-state index contributed by atoms with van der Waals surface area (Å²) < 4.78 is 38.7. The molecular formula is C13H9F3N2O2S2. The molecule has 0 radical (unpaired) electrons. The number of alkyl halides is 3. The zero-order chi connectivity index (χ0) is 16.2. The molecule has 0 aliphatic heterocycles. The molecule has 2 aromatic heterocycles. The average Bonchev–Trinajstić information content (AvgIpc) is 3.13. The van der Waals surface area contributed by atoms with Gasteiger partial charge in [0, 0.05) is 6.08 Å². The molecule has 0 aliphatic carbocycles. The Morgan fingerprint density at radius 2 is 1.59 bits per heavy atom. The van der Waals surface area contributed by atoms with E-state index in [1.165, 1.54) is 12.1 Å². The number of hydrazine groups is 1. The van der Waals surface area contributed by atoms with Crippen molar-refractivity contribution in [2.24, 2.45) is 0 Å². The van der Waals surface area contributed by atoms with E-state index < -0.39 is 23.6 Å². The minimum Gasteiger partial charge on any atom is -0.294 e. The van der Waals surface area contributed by atoms with Gasteiger partial charge in [0.2, 0.25) is 0 Å². The lowest BCUT2D eigenvalue weighted by Gasteiger charge is -2.14. The fraction of sp³-hybridized carbons (Fsp3) is 0.0769. The van der Waals surface area contributed by atoms with Crippen LogP contribution in [0.2, 0.25) is 0 Å². The van der Waals surface area contributed by atoms with Crippen molar-refractivity contribution in [3.8, 4) is 0 Å². The van der Waals surface area contributed by atoms with Gasteiger partial charge in [0.1, 0.15) is 5.70 Å². The van der Waals surface area contributed by atoms with Crippen molar-refractivity contribution in [1.82, 2.24) is 10.9 Å². The first-order valence-electron chi connectivity index (χ1n) is 5.84. The first-order valence-corrected chi connectivity index (χ1v) is 7.60. The van der Waals surface area contributed by atoms with Gasteiger partial charge in [-0.2, -0.15) is 13.2 Å². The number of hydrogen-bond acceptors (Lipinski definition) is 5. The SMILES string of the molecule is O=C(/C=C(/NNC(=O)c1cccs1)C(F)(F)F)c1cccs1. The highest BCUT2D eigenvalue weighted by molar-refractivity contribution is 7.12. The molecule has 0 aliphatic rings. The second-order valence-electron chi connectivity index (χ2n) is 3.95. The zero-order valence-electron chi connectivity index (χ0n) is 10.8. The smallest absolute Gasteiger partial charge is 0.294 e. The first-order chi connectivity index (χ1) is 10.4. The molecule has 0 unspecified atom stereocenters. The molecule has 2 heterocycles. The van der Waals surface area contributed by atoms with Crippen LogP contribution in [0.15, 0.2) is 46.8 Å². The van der Waals surface area contributed by atoms with Crippen LogP contribution in [0.25, 0.3) is 0 Å². The van der Waals surface area contributed by atoms with E-state index in [2.05, 4.69) is 0 Å². The highest BCUT2D eigenvalue weighted by Crippen LogP contribution is 2.24. The Hall–Kier alpha value is -2.13. The van der Waals surface area contributed by atoms with Crippen molar-refractivity contribution in [2.75, 3.05) is 0 Å². The quantitative estimate of drug-likeness (QED) is 0.496. The van der Waals surface area contributed by atoms with Crippen LogP contribution in [-0.2, 0) is 0 Å². The van der Waals surface area contributed by atoms with Crippen LogP contribution in [0, 0.1) is 0 Å². The van der Waals surface area contributed by atoms with E-state index in [0.29, 0.717) is 6.08 Å². The second-order valence-corrected chi connectivity index (χ2v) is 5.85. The van der Waals surface area contributed by atoms with Crippen LogP contribution in [0.1, 0.15) is 19.3 Å². The van der Waals surface area contributed by atoms with E-state index >= 15 is 0 Å². The fourth-order valence-electron chi connectivity index (χ4n) is 1.40. The third-order valence-corrected chi connectivity index (χ3v) is 4.15. The topological polar surface area (TPSA) is 58.2 Å². The highest BCUT2D eigenvalue weighted by atomic mass is 32.1. The van der Waals surface area contributed by atoms with E-state index in [4.69, 9.17) is 0 Å². The standard InChI is InChI=1S/C13H9F3N2O2S2/c14-13(15,16)11(7-8(19)9-3-1-5-21-9)17-18-12(20)10-4-2-6-22-10/h1-7,17H,(H,18,20)/b11-7+. The van der Waals surface area contributed by atoms with Gasteiger partial charge in [-0.3, -0.25) is 20.4 Å². The molecule has 0 aromatic carbocycles. The number of thiophene rings is 2. The monoisotopic (exact) mass is 346 g/mol. The lowest BCUT2D eigenvalue weighted by atomic mass is 10.2. The molecule has 4 nitrogen and oxygen atoms in total. The van der Waals surface area contributed by atoms with Crippen LogP contribution >= 0.6 is 22.7 Å². The Morgan fingerprint density at radius 3 is 2.09 bits per heavy atom. The van der Waals surface area contributed by atoms with Crippen LogP contribution in [0.5, 0.6) is 0 Å². The lowest BCUT2D eigenvalue weighted by Crippen LogP contribution is -2.41. The molecular weight excluding hydrogens is 337 g/mol. The predicted octanol–water partition coefficient (Wildman–Crippen LogP) is 3.37. The van der Waals surface area contributed by atoms with Crippen molar-refractivity contribution >= 4 is 34.4 Å². The van der Waals surface area contributed by atoms with Gasteiger partial charge < -0.3 is 0 Å². The number of ketones is 1. The number of carbonyl (C=O) groups is 2. The van der Waals surface area contributed by atoms with Gasteiger partial charge in [0.15, 0.2) is 5.78 Å². The van der Waals surface area contributed by atoms with E-state index in [-0.39, 0.29) is 9.75 Å². The molecule has 1 amide bonds. The molecule has 0 spiro atoms. The number of hydrogen-bond donors (Lipinski definition) is 2. The van der Waals surface area contributed by atoms with Gasteiger partial charge in [-0.05, 0) is 22.9 Å². The van der Waals surface area contributed by atoms with Gasteiger partial charge in [0.05, 0.1) is 9.75 Å². The summed E-state index contributed by atoms with van der Waals surface area (Å²) in [5.41, 5.74) is 2.36. The van der Waals surface area contributed by atoms with E-state index in [1.807, 2.05) is 5.43 Å². The second kappa shape index (κ2) is 6.75. The Balaban J connectivity index is 2.10. The Bertz CT molecular complexity index is 677. The summed E-state index contributed by atoms with van der Waals surface area (Å²) in [5.74, 6) is -1.51. The Morgan fingerprint density at radius 1 is 1.00 bits per heavy atom. The van der Waals surface area contributed by atoms with Gasteiger partial charge in [0.25, 0.3) is 5.91 Å². The average molecular weight is 346 g/mol. The molecule has 116 valence electrons. The van der Waals surface area contributed by atoms with Gasteiger partial charge in [-0.1, -0.05) is 12.1 Å². The molecule has 22 heavy (non-hydrogen) atoms. The van der Waals surface area contributed by atoms with Crippen molar-refractivity contribution in [2.45, 2.75) is 6.18 Å². The third-order valence-electron chi connectivity index (χ3n) is 2.40.